The summed E-state index contributed by atoms with van der Waals surface area (Å²) in [6.45, 7) is 6.98. The predicted octanol–water partition coefficient (Wildman–Crippen LogP) is 3.79. The van der Waals surface area contributed by atoms with Crippen molar-refractivity contribution in [3.63, 3.8) is 0 Å². The molecule has 0 aliphatic carbocycles. The number of allylic oxidation sites excluding steroid dienone is 1. The summed E-state index contributed by atoms with van der Waals surface area (Å²) in [5.41, 5.74) is -0.311. The molecule has 0 fully saturated rings. The number of nitrogens with zero attached hydrogens (tertiary/aromatic N) is 1. The van der Waals surface area contributed by atoms with Crippen molar-refractivity contribution < 1.29 is 27.5 Å². The van der Waals surface area contributed by atoms with E-state index in [2.05, 4.69) is 11.9 Å². The molecule has 140 valence electrons. The van der Waals surface area contributed by atoms with Gasteiger partial charge in [-0.15, -0.1) is 6.58 Å². The van der Waals surface area contributed by atoms with E-state index in [1.54, 1.807) is 13.8 Å². The van der Waals surface area contributed by atoms with Crippen LogP contribution in [-0.2, 0) is 15.7 Å². The monoisotopic (exact) mass is 368 g/mol. The number of rotatable bonds is 5. The number of carbonyl (C=O) groups is 2. The standard InChI is InChI=1S/C18H19F3N2O3/c1-4-9-23-11(3)14(16(24)26-5-2)15(22-17(23)25)12-7-6-8-13(10-12)18(19,20)21/h4,6-8,10,15H,1,5,9H2,2-3H3,(H,22,25). The maximum atomic E-state index is 13.0. The summed E-state index contributed by atoms with van der Waals surface area (Å²) in [5, 5.41) is 2.58. The normalized spacial score (nSPS) is 17.8. The summed E-state index contributed by atoms with van der Waals surface area (Å²) in [7, 11) is 0. The molecule has 1 N–H and O–H groups in total. The van der Waals surface area contributed by atoms with Crippen LogP contribution in [0.3, 0.4) is 0 Å². The molecule has 1 unspecified atom stereocenters. The van der Waals surface area contributed by atoms with Crippen molar-refractivity contribution in [3.05, 3.63) is 59.3 Å². The number of amides is 2. The number of alkyl halides is 3. The highest BCUT2D eigenvalue weighted by Gasteiger charge is 2.37. The Bertz CT molecular complexity index is 756. The van der Waals surface area contributed by atoms with Crippen molar-refractivity contribution in [2.45, 2.75) is 26.1 Å². The summed E-state index contributed by atoms with van der Waals surface area (Å²) in [6.07, 6.45) is -3.05. The maximum Gasteiger partial charge on any atom is 0.416 e. The number of carbonyl (C=O) groups excluding carboxylic acids is 2. The van der Waals surface area contributed by atoms with Gasteiger partial charge in [-0.25, -0.2) is 9.59 Å². The van der Waals surface area contributed by atoms with Gasteiger partial charge in [0.1, 0.15) is 0 Å². The zero-order chi connectivity index (χ0) is 19.5. The minimum atomic E-state index is -4.54. The SMILES string of the molecule is C=CCN1C(=O)NC(c2cccc(C(F)(F)F)c2)C(C(=O)OCC)=C1C. The van der Waals surface area contributed by atoms with Crippen molar-refractivity contribution in [3.8, 4) is 0 Å². The van der Waals surface area contributed by atoms with E-state index in [0.717, 1.165) is 12.1 Å². The van der Waals surface area contributed by atoms with E-state index >= 15 is 0 Å². The number of halogens is 3. The molecule has 0 saturated carbocycles. The van der Waals surface area contributed by atoms with E-state index in [-0.39, 0.29) is 24.3 Å². The first-order chi connectivity index (χ1) is 12.2. The van der Waals surface area contributed by atoms with Gasteiger partial charge in [0, 0.05) is 12.2 Å². The van der Waals surface area contributed by atoms with Crippen LogP contribution in [0.2, 0.25) is 0 Å². The highest BCUT2D eigenvalue weighted by molar-refractivity contribution is 5.95. The number of ether oxygens (including phenoxy) is 1. The first-order valence-electron chi connectivity index (χ1n) is 7.94. The quantitative estimate of drug-likeness (QED) is 0.635. The van der Waals surface area contributed by atoms with E-state index < -0.39 is 29.8 Å². The van der Waals surface area contributed by atoms with Gasteiger partial charge in [0.2, 0.25) is 0 Å². The Kier molecular flexibility index (Phi) is 5.74. The molecule has 2 amide bonds. The Morgan fingerprint density at radius 2 is 2.12 bits per heavy atom. The third kappa shape index (κ3) is 3.89. The fourth-order valence-corrected chi connectivity index (χ4v) is 2.75. The highest BCUT2D eigenvalue weighted by Crippen LogP contribution is 2.35. The molecule has 1 aromatic carbocycles. The molecule has 26 heavy (non-hydrogen) atoms. The Morgan fingerprint density at radius 3 is 2.69 bits per heavy atom. The van der Waals surface area contributed by atoms with Crippen LogP contribution in [0, 0.1) is 0 Å². The topological polar surface area (TPSA) is 58.6 Å². The average Bonchev–Trinajstić information content (AvgIpc) is 2.57. The zero-order valence-electron chi connectivity index (χ0n) is 14.4. The van der Waals surface area contributed by atoms with Crippen LogP contribution < -0.4 is 5.32 Å². The number of esters is 1. The number of nitrogens with one attached hydrogen (secondary N) is 1. The van der Waals surface area contributed by atoms with Crippen molar-refractivity contribution in [2.75, 3.05) is 13.2 Å². The van der Waals surface area contributed by atoms with Crippen LogP contribution in [0.1, 0.15) is 31.0 Å². The van der Waals surface area contributed by atoms with Gasteiger partial charge >= 0.3 is 18.2 Å². The van der Waals surface area contributed by atoms with E-state index in [9.17, 15) is 22.8 Å². The Morgan fingerprint density at radius 1 is 1.42 bits per heavy atom. The first-order valence-corrected chi connectivity index (χ1v) is 7.94. The van der Waals surface area contributed by atoms with Crippen molar-refractivity contribution in [2.24, 2.45) is 0 Å². The van der Waals surface area contributed by atoms with Gasteiger partial charge in [-0.1, -0.05) is 18.2 Å². The minimum absolute atomic E-state index is 0.0904. The molecule has 1 aromatic rings. The lowest BCUT2D eigenvalue weighted by Gasteiger charge is -2.35. The smallest absolute Gasteiger partial charge is 0.416 e. The number of urea groups is 1. The lowest BCUT2D eigenvalue weighted by Crippen LogP contribution is -2.48. The van der Waals surface area contributed by atoms with Gasteiger partial charge in [0.25, 0.3) is 0 Å². The minimum Gasteiger partial charge on any atom is -0.463 e. The molecule has 5 nitrogen and oxygen atoms in total. The molecule has 0 spiro atoms. The molecule has 0 saturated heterocycles. The molecular weight excluding hydrogens is 349 g/mol. The van der Waals surface area contributed by atoms with Gasteiger partial charge in [-0.3, -0.25) is 4.90 Å². The molecule has 0 bridgehead atoms. The summed E-state index contributed by atoms with van der Waals surface area (Å²) in [6, 6.07) is 2.94. The Balaban J connectivity index is 2.57. The summed E-state index contributed by atoms with van der Waals surface area (Å²) < 4.78 is 44.1. The second-order valence-corrected chi connectivity index (χ2v) is 5.62. The van der Waals surface area contributed by atoms with Crippen LogP contribution in [0.15, 0.2) is 48.2 Å². The van der Waals surface area contributed by atoms with Crippen LogP contribution in [-0.4, -0.2) is 30.1 Å². The van der Waals surface area contributed by atoms with Crippen LogP contribution in [0.5, 0.6) is 0 Å². The molecular formula is C18H19F3N2O3. The molecule has 0 radical (unpaired) electrons. The van der Waals surface area contributed by atoms with Crippen LogP contribution >= 0.6 is 0 Å². The predicted molar refractivity (Wildman–Crippen MR) is 89.0 cm³/mol. The van der Waals surface area contributed by atoms with Gasteiger partial charge < -0.3 is 10.1 Å². The molecule has 2 rings (SSSR count). The molecule has 1 aliphatic rings. The number of hydrogen-bond donors (Lipinski definition) is 1. The maximum absolute atomic E-state index is 13.0. The molecule has 8 heteroatoms. The lowest BCUT2D eigenvalue weighted by molar-refractivity contribution is -0.139. The lowest BCUT2D eigenvalue weighted by atomic mass is 9.93. The third-order valence-electron chi connectivity index (χ3n) is 3.95. The van der Waals surface area contributed by atoms with Gasteiger partial charge in [0.05, 0.1) is 23.8 Å². The molecule has 1 heterocycles. The average molecular weight is 368 g/mol. The van der Waals surface area contributed by atoms with Crippen LogP contribution in [0.25, 0.3) is 0 Å². The first kappa shape index (κ1) is 19.6. The van der Waals surface area contributed by atoms with E-state index in [1.807, 2.05) is 0 Å². The van der Waals surface area contributed by atoms with E-state index in [4.69, 9.17) is 4.74 Å². The summed E-state index contributed by atoms with van der Waals surface area (Å²) in [5.74, 6) is -0.693. The van der Waals surface area contributed by atoms with Crippen LogP contribution in [0.4, 0.5) is 18.0 Å². The number of hydrogen-bond acceptors (Lipinski definition) is 3. The largest absolute Gasteiger partial charge is 0.463 e. The van der Waals surface area contributed by atoms with Gasteiger partial charge in [0.15, 0.2) is 0 Å². The Hall–Kier alpha value is -2.77. The number of benzene rings is 1. The van der Waals surface area contributed by atoms with Crippen molar-refractivity contribution in [1.29, 1.82) is 0 Å². The van der Waals surface area contributed by atoms with E-state index in [0.29, 0.717) is 5.70 Å². The molecule has 0 aromatic heterocycles. The summed E-state index contributed by atoms with van der Waals surface area (Å²) in [4.78, 5) is 26.1. The third-order valence-corrected chi connectivity index (χ3v) is 3.95. The highest BCUT2D eigenvalue weighted by atomic mass is 19.4. The fraction of sp³-hybridized carbons (Fsp3) is 0.333. The summed E-state index contributed by atoms with van der Waals surface area (Å²) >= 11 is 0. The molecule has 1 atom stereocenters. The van der Waals surface area contributed by atoms with Gasteiger partial charge in [-0.2, -0.15) is 13.2 Å². The zero-order valence-corrected chi connectivity index (χ0v) is 14.4. The second kappa shape index (κ2) is 7.63. The van der Waals surface area contributed by atoms with Crippen molar-refractivity contribution >= 4 is 12.0 Å². The Labute approximate surface area is 149 Å². The second-order valence-electron chi connectivity index (χ2n) is 5.62. The van der Waals surface area contributed by atoms with Crippen molar-refractivity contribution in [1.82, 2.24) is 10.2 Å². The fourth-order valence-electron chi connectivity index (χ4n) is 2.75. The van der Waals surface area contributed by atoms with E-state index in [1.165, 1.54) is 23.1 Å². The molecule has 1 aliphatic heterocycles. The van der Waals surface area contributed by atoms with Gasteiger partial charge in [-0.05, 0) is 31.5 Å².